The van der Waals surface area contributed by atoms with Gasteiger partial charge in [0.05, 0.1) is 6.54 Å². The lowest BCUT2D eigenvalue weighted by molar-refractivity contribution is -0.139. The van der Waals surface area contributed by atoms with Crippen molar-refractivity contribution >= 4 is 17.7 Å². The van der Waals surface area contributed by atoms with E-state index in [0.29, 0.717) is 37.5 Å². The zero-order chi connectivity index (χ0) is 26.5. The predicted molar refractivity (Wildman–Crippen MR) is 143 cm³/mol. The second kappa shape index (κ2) is 11.6. The zero-order valence-corrected chi connectivity index (χ0v) is 21.0. The minimum absolute atomic E-state index is 0.0142. The number of hydrogen-bond acceptors (Lipinski definition) is 4. The smallest absolute Gasteiger partial charge is 0.251 e. The first-order valence-corrected chi connectivity index (χ1v) is 13.0. The van der Waals surface area contributed by atoms with Crippen LogP contribution in [0, 0.1) is 5.82 Å². The van der Waals surface area contributed by atoms with Crippen LogP contribution in [-0.2, 0) is 9.59 Å². The maximum atomic E-state index is 13.3. The van der Waals surface area contributed by atoms with Crippen LogP contribution in [0.15, 0.2) is 78.9 Å². The largest absolute Gasteiger partial charge is 0.353 e. The monoisotopic (exact) mass is 514 g/mol. The Labute approximate surface area is 221 Å². The fourth-order valence-electron chi connectivity index (χ4n) is 4.90. The predicted octanol–water partition coefficient (Wildman–Crippen LogP) is 3.09. The molecule has 3 amide bonds. The lowest BCUT2D eigenvalue weighted by Crippen LogP contribution is -2.56. The minimum atomic E-state index is -0.766. The molecular weight excluding hydrogens is 483 g/mol. The molecule has 3 atom stereocenters. The lowest BCUT2D eigenvalue weighted by atomic mass is 10.0. The average Bonchev–Trinajstić information content (AvgIpc) is 3.72. The molecule has 1 saturated heterocycles. The van der Waals surface area contributed by atoms with Gasteiger partial charge in [-0.15, -0.1) is 0 Å². The van der Waals surface area contributed by atoms with Gasteiger partial charge in [0.2, 0.25) is 11.8 Å². The van der Waals surface area contributed by atoms with Crippen molar-refractivity contribution in [1.29, 1.82) is 0 Å². The van der Waals surface area contributed by atoms with Crippen LogP contribution >= 0.6 is 0 Å². The molecule has 1 saturated carbocycles. The summed E-state index contributed by atoms with van der Waals surface area (Å²) < 4.78 is 13.2. The van der Waals surface area contributed by atoms with Gasteiger partial charge in [-0.1, -0.05) is 54.6 Å². The minimum Gasteiger partial charge on any atom is -0.353 e. The van der Waals surface area contributed by atoms with Gasteiger partial charge in [0.15, 0.2) is 0 Å². The van der Waals surface area contributed by atoms with Crippen LogP contribution < -0.4 is 16.0 Å². The molecule has 1 aliphatic carbocycles. The van der Waals surface area contributed by atoms with E-state index in [-0.39, 0.29) is 36.1 Å². The molecule has 5 rings (SSSR count). The molecule has 196 valence electrons. The summed E-state index contributed by atoms with van der Waals surface area (Å²) in [5.41, 5.74) is 3.60. The molecule has 8 heteroatoms. The Bertz CT molecular complexity index is 1280. The molecule has 2 aliphatic rings. The van der Waals surface area contributed by atoms with E-state index in [2.05, 4.69) is 16.0 Å². The Kier molecular flexibility index (Phi) is 7.79. The average molecular weight is 515 g/mol. The Morgan fingerprint density at radius 1 is 0.974 bits per heavy atom. The fourth-order valence-corrected chi connectivity index (χ4v) is 4.90. The van der Waals surface area contributed by atoms with E-state index in [0.717, 1.165) is 23.1 Å². The van der Waals surface area contributed by atoms with E-state index in [1.54, 1.807) is 24.3 Å². The van der Waals surface area contributed by atoms with Crippen molar-refractivity contribution in [3.05, 3.63) is 95.8 Å². The fraction of sp³-hybridized carbons (Fsp3) is 0.300. The summed E-state index contributed by atoms with van der Waals surface area (Å²) in [5.74, 6) is -0.739. The van der Waals surface area contributed by atoms with Gasteiger partial charge in [-0.25, -0.2) is 4.39 Å². The second-order valence-electron chi connectivity index (χ2n) is 9.82. The van der Waals surface area contributed by atoms with Crippen molar-refractivity contribution in [2.24, 2.45) is 0 Å². The number of carbonyl (C=O) groups excluding carboxylic acids is 3. The molecule has 3 N–H and O–H groups in total. The van der Waals surface area contributed by atoms with Gasteiger partial charge in [-0.2, -0.15) is 0 Å². The van der Waals surface area contributed by atoms with E-state index in [1.165, 1.54) is 17.0 Å². The second-order valence-corrected chi connectivity index (χ2v) is 9.82. The number of piperazine rings is 1. The third-order valence-electron chi connectivity index (χ3n) is 7.14. The number of hydrogen-bond donors (Lipinski definition) is 3. The highest BCUT2D eigenvalue weighted by molar-refractivity contribution is 5.98. The van der Waals surface area contributed by atoms with Crippen LogP contribution in [0.4, 0.5) is 4.39 Å². The first kappa shape index (κ1) is 25.6. The summed E-state index contributed by atoms with van der Waals surface area (Å²) in [5, 5.41) is 9.09. The van der Waals surface area contributed by atoms with Crippen molar-refractivity contribution in [1.82, 2.24) is 20.9 Å². The lowest BCUT2D eigenvalue weighted by Gasteiger charge is -2.30. The number of carbonyl (C=O) groups is 3. The standard InChI is InChI=1S/C30H31FN4O3/c31-24-12-10-22(11-13-24)25-18-27(25)32-15-14-26(30(38)35-17-16-33-28(36)19-35)34-29(37)23-8-6-21(7-9-23)20-4-2-1-3-5-20/h1-13,25-27,32H,14-19H2,(H,33,36)(H,34,37)/t25-,26?,27+/m0/s1. The van der Waals surface area contributed by atoms with Crippen LogP contribution in [0.5, 0.6) is 0 Å². The summed E-state index contributed by atoms with van der Waals surface area (Å²) in [6.45, 7) is 1.31. The first-order chi connectivity index (χ1) is 18.5. The molecule has 0 radical (unpaired) electrons. The van der Waals surface area contributed by atoms with Crippen LogP contribution in [0.3, 0.4) is 0 Å². The molecule has 38 heavy (non-hydrogen) atoms. The SMILES string of the molecule is O=C1CN(C(=O)C(CCN[C@@H]2C[C@H]2c2ccc(F)cc2)NC(=O)c2ccc(-c3ccccc3)cc2)CCN1. The van der Waals surface area contributed by atoms with Crippen LogP contribution in [0.25, 0.3) is 11.1 Å². The number of benzene rings is 3. The van der Waals surface area contributed by atoms with Gasteiger partial charge in [0.1, 0.15) is 11.9 Å². The van der Waals surface area contributed by atoms with Gasteiger partial charge in [-0.05, 0) is 60.3 Å². The number of nitrogens with one attached hydrogen (secondary N) is 3. The summed E-state index contributed by atoms with van der Waals surface area (Å²) in [6, 6.07) is 23.2. The molecule has 3 aromatic carbocycles. The van der Waals surface area contributed by atoms with Crippen LogP contribution in [-0.4, -0.2) is 60.9 Å². The zero-order valence-electron chi connectivity index (χ0n) is 21.0. The Hall–Kier alpha value is -4.04. The Morgan fingerprint density at radius 3 is 2.39 bits per heavy atom. The third kappa shape index (κ3) is 6.26. The summed E-state index contributed by atoms with van der Waals surface area (Å²) in [7, 11) is 0. The van der Waals surface area contributed by atoms with Gasteiger partial charge >= 0.3 is 0 Å². The van der Waals surface area contributed by atoms with Crippen molar-refractivity contribution in [2.75, 3.05) is 26.2 Å². The van der Waals surface area contributed by atoms with Gasteiger partial charge in [-0.3, -0.25) is 14.4 Å². The molecule has 0 bridgehead atoms. The van der Waals surface area contributed by atoms with Crippen LogP contribution in [0.2, 0.25) is 0 Å². The van der Waals surface area contributed by atoms with Crippen molar-refractivity contribution in [3.63, 3.8) is 0 Å². The van der Waals surface area contributed by atoms with E-state index < -0.39 is 6.04 Å². The maximum Gasteiger partial charge on any atom is 0.251 e. The molecule has 1 heterocycles. The van der Waals surface area contributed by atoms with E-state index >= 15 is 0 Å². The molecule has 0 aromatic heterocycles. The van der Waals surface area contributed by atoms with Crippen molar-refractivity contribution < 1.29 is 18.8 Å². The number of rotatable bonds is 9. The Balaban J connectivity index is 1.22. The summed E-state index contributed by atoms with van der Waals surface area (Å²) in [6.07, 6.45) is 1.33. The quantitative estimate of drug-likeness (QED) is 0.409. The van der Waals surface area contributed by atoms with Crippen molar-refractivity contribution in [3.8, 4) is 11.1 Å². The normalized spacial score (nSPS) is 19.4. The van der Waals surface area contributed by atoms with E-state index in [1.807, 2.05) is 42.5 Å². The summed E-state index contributed by atoms with van der Waals surface area (Å²) in [4.78, 5) is 39.8. The summed E-state index contributed by atoms with van der Waals surface area (Å²) >= 11 is 0. The number of nitrogens with zero attached hydrogens (tertiary/aromatic N) is 1. The molecule has 7 nitrogen and oxygen atoms in total. The van der Waals surface area contributed by atoms with Gasteiger partial charge in [0, 0.05) is 30.6 Å². The Morgan fingerprint density at radius 2 is 1.68 bits per heavy atom. The van der Waals surface area contributed by atoms with Gasteiger partial charge in [0.25, 0.3) is 5.91 Å². The topological polar surface area (TPSA) is 90.5 Å². The highest BCUT2D eigenvalue weighted by Crippen LogP contribution is 2.40. The maximum absolute atomic E-state index is 13.3. The highest BCUT2D eigenvalue weighted by Gasteiger charge is 2.38. The van der Waals surface area contributed by atoms with E-state index in [9.17, 15) is 18.8 Å². The third-order valence-corrected chi connectivity index (χ3v) is 7.14. The molecule has 3 aromatic rings. The molecule has 0 spiro atoms. The van der Waals surface area contributed by atoms with Gasteiger partial charge < -0.3 is 20.9 Å². The molecule has 1 aliphatic heterocycles. The first-order valence-electron chi connectivity index (χ1n) is 13.0. The number of amides is 3. The molecule has 1 unspecified atom stereocenters. The highest BCUT2D eigenvalue weighted by atomic mass is 19.1. The van der Waals surface area contributed by atoms with Crippen molar-refractivity contribution in [2.45, 2.75) is 30.8 Å². The van der Waals surface area contributed by atoms with Crippen LogP contribution in [0.1, 0.15) is 34.7 Å². The van der Waals surface area contributed by atoms with E-state index in [4.69, 9.17) is 0 Å². The number of halogens is 1. The molecular formula is C30H31FN4O3. The molecule has 2 fully saturated rings.